The average Bonchev–Trinajstić information content (AvgIpc) is 3.18. The standard InChI is InChI=1S/C15H15N3O3S2/c1-11-4-7-15(22-11)23(19,20)18-12-5-6-14(16-9-12)17-10-13-3-2-8-21-13/h2-9,18H,10H2,1H3,(H,16,17). The Morgan fingerprint density at radius 2 is 2.09 bits per heavy atom. The van der Waals surface area contributed by atoms with Crippen molar-refractivity contribution in [2.75, 3.05) is 10.0 Å². The first-order chi connectivity index (χ1) is 11.0. The monoisotopic (exact) mass is 349 g/mol. The van der Waals surface area contributed by atoms with Crippen LogP contribution in [-0.4, -0.2) is 13.4 Å². The van der Waals surface area contributed by atoms with Gasteiger partial charge >= 0.3 is 0 Å². The number of pyridine rings is 1. The van der Waals surface area contributed by atoms with Crippen molar-refractivity contribution in [2.24, 2.45) is 0 Å². The quantitative estimate of drug-likeness (QED) is 0.712. The third-order valence-corrected chi connectivity index (χ3v) is 5.89. The summed E-state index contributed by atoms with van der Waals surface area (Å²) in [4.78, 5) is 5.13. The van der Waals surface area contributed by atoms with Crippen LogP contribution in [0.1, 0.15) is 10.6 Å². The molecular weight excluding hydrogens is 334 g/mol. The minimum atomic E-state index is -3.56. The molecule has 3 rings (SSSR count). The average molecular weight is 349 g/mol. The number of hydrogen-bond donors (Lipinski definition) is 2. The largest absolute Gasteiger partial charge is 0.467 e. The van der Waals surface area contributed by atoms with Gasteiger partial charge in [0.1, 0.15) is 15.8 Å². The van der Waals surface area contributed by atoms with Crippen molar-refractivity contribution in [3.8, 4) is 0 Å². The van der Waals surface area contributed by atoms with E-state index in [-0.39, 0.29) is 4.21 Å². The predicted molar refractivity (Wildman–Crippen MR) is 90.1 cm³/mol. The van der Waals surface area contributed by atoms with Gasteiger partial charge in [0.25, 0.3) is 10.0 Å². The van der Waals surface area contributed by atoms with Gasteiger partial charge in [-0.2, -0.15) is 0 Å². The van der Waals surface area contributed by atoms with E-state index in [1.165, 1.54) is 17.5 Å². The summed E-state index contributed by atoms with van der Waals surface area (Å²) in [5.41, 5.74) is 0.416. The number of furan rings is 1. The maximum absolute atomic E-state index is 12.2. The van der Waals surface area contributed by atoms with Crippen LogP contribution >= 0.6 is 11.3 Å². The van der Waals surface area contributed by atoms with Crippen LogP contribution in [0.25, 0.3) is 0 Å². The summed E-state index contributed by atoms with van der Waals surface area (Å²) in [5.74, 6) is 1.43. The fraction of sp³-hybridized carbons (Fsp3) is 0.133. The smallest absolute Gasteiger partial charge is 0.271 e. The summed E-state index contributed by atoms with van der Waals surface area (Å²) >= 11 is 1.23. The van der Waals surface area contributed by atoms with E-state index in [0.717, 1.165) is 10.6 Å². The lowest BCUT2D eigenvalue weighted by Gasteiger charge is -2.07. The number of sulfonamides is 1. The summed E-state index contributed by atoms with van der Waals surface area (Å²) in [6.07, 6.45) is 3.08. The van der Waals surface area contributed by atoms with Gasteiger partial charge in [-0.05, 0) is 43.3 Å². The van der Waals surface area contributed by atoms with Crippen LogP contribution in [0, 0.1) is 6.92 Å². The lowest BCUT2D eigenvalue weighted by molar-refractivity contribution is 0.518. The van der Waals surface area contributed by atoms with Gasteiger partial charge in [-0.25, -0.2) is 13.4 Å². The van der Waals surface area contributed by atoms with Crippen LogP contribution in [0.5, 0.6) is 0 Å². The van der Waals surface area contributed by atoms with E-state index >= 15 is 0 Å². The molecule has 0 unspecified atom stereocenters. The van der Waals surface area contributed by atoms with E-state index in [0.29, 0.717) is 18.1 Å². The summed E-state index contributed by atoms with van der Waals surface area (Å²) in [5, 5.41) is 3.09. The highest BCUT2D eigenvalue weighted by molar-refractivity contribution is 7.94. The van der Waals surface area contributed by atoms with Crippen LogP contribution < -0.4 is 10.0 Å². The number of rotatable bonds is 6. The molecule has 0 saturated carbocycles. The van der Waals surface area contributed by atoms with Gasteiger partial charge in [0.05, 0.1) is 24.7 Å². The van der Waals surface area contributed by atoms with Gasteiger partial charge in [-0.3, -0.25) is 4.72 Å². The molecule has 0 radical (unpaired) electrons. The Bertz CT molecular complexity index is 869. The first-order valence-electron chi connectivity index (χ1n) is 6.84. The predicted octanol–water partition coefficient (Wildman–Crippen LogP) is 3.46. The third-order valence-electron chi connectivity index (χ3n) is 3.02. The van der Waals surface area contributed by atoms with Gasteiger partial charge < -0.3 is 9.73 Å². The molecule has 0 fully saturated rings. The Morgan fingerprint density at radius 3 is 2.70 bits per heavy atom. The Kier molecular flexibility index (Phi) is 4.35. The molecule has 3 heterocycles. The molecule has 0 aromatic carbocycles. The van der Waals surface area contributed by atoms with Crippen molar-refractivity contribution in [3.05, 3.63) is 59.5 Å². The minimum Gasteiger partial charge on any atom is -0.467 e. The second-order valence-corrected chi connectivity index (χ2v) is 8.03. The summed E-state index contributed by atoms with van der Waals surface area (Å²) < 4.78 is 32.5. The molecule has 3 aromatic heterocycles. The number of thiophene rings is 1. The van der Waals surface area contributed by atoms with Crippen molar-refractivity contribution in [1.82, 2.24) is 4.98 Å². The molecule has 0 aliphatic rings. The van der Waals surface area contributed by atoms with Crippen molar-refractivity contribution >= 4 is 32.9 Å². The Labute approximate surface area is 138 Å². The van der Waals surface area contributed by atoms with Crippen LogP contribution in [0.3, 0.4) is 0 Å². The number of aromatic nitrogens is 1. The molecule has 0 saturated heterocycles. The van der Waals surface area contributed by atoms with Crippen LogP contribution in [0.2, 0.25) is 0 Å². The SMILES string of the molecule is Cc1ccc(S(=O)(=O)Nc2ccc(NCc3ccco3)nc2)s1. The second kappa shape index (κ2) is 6.43. The topological polar surface area (TPSA) is 84.2 Å². The summed E-state index contributed by atoms with van der Waals surface area (Å²) in [6, 6.07) is 10.4. The molecule has 0 aliphatic heterocycles. The zero-order valence-corrected chi connectivity index (χ0v) is 13.9. The fourth-order valence-corrected chi connectivity index (χ4v) is 4.24. The van der Waals surface area contributed by atoms with Crippen molar-refractivity contribution in [1.29, 1.82) is 0 Å². The first kappa shape index (κ1) is 15.6. The van der Waals surface area contributed by atoms with Gasteiger partial charge in [0, 0.05) is 4.88 Å². The number of nitrogens with zero attached hydrogens (tertiary/aromatic N) is 1. The van der Waals surface area contributed by atoms with E-state index in [9.17, 15) is 8.42 Å². The van der Waals surface area contributed by atoms with Gasteiger partial charge in [-0.15, -0.1) is 11.3 Å². The number of anilines is 2. The van der Waals surface area contributed by atoms with E-state index in [1.54, 1.807) is 30.5 Å². The first-order valence-corrected chi connectivity index (χ1v) is 9.14. The highest BCUT2D eigenvalue weighted by atomic mass is 32.2. The highest BCUT2D eigenvalue weighted by Gasteiger charge is 2.16. The van der Waals surface area contributed by atoms with E-state index in [1.807, 2.05) is 19.1 Å². The maximum Gasteiger partial charge on any atom is 0.271 e. The lowest BCUT2D eigenvalue weighted by Crippen LogP contribution is -2.11. The number of aryl methyl sites for hydroxylation is 1. The molecule has 120 valence electrons. The normalized spacial score (nSPS) is 11.3. The zero-order chi connectivity index (χ0) is 16.3. The highest BCUT2D eigenvalue weighted by Crippen LogP contribution is 2.23. The second-order valence-electron chi connectivity index (χ2n) is 4.84. The Balaban J connectivity index is 1.65. The van der Waals surface area contributed by atoms with Gasteiger partial charge in [0.15, 0.2) is 0 Å². The number of hydrogen-bond acceptors (Lipinski definition) is 6. The molecule has 0 aliphatic carbocycles. The lowest BCUT2D eigenvalue weighted by atomic mass is 10.4. The molecule has 2 N–H and O–H groups in total. The van der Waals surface area contributed by atoms with Crippen molar-refractivity contribution in [3.63, 3.8) is 0 Å². The van der Waals surface area contributed by atoms with E-state index in [4.69, 9.17) is 4.42 Å². The maximum atomic E-state index is 12.2. The molecule has 8 heteroatoms. The molecule has 0 amide bonds. The van der Waals surface area contributed by atoms with Crippen LogP contribution in [0.4, 0.5) is 11.5 Å². The minimum absolute atomic E-state index is 0.287. The van der Waals surface area contributed by atoms with Gasteiger partial charge in [-0.1, -0.05) is 0 Å². The molecular formula is C15H15N3O3S2. The fourth-order valence-electron chi connectivity index (χ4n) is 1.91. The number of nitrogens with one attached hydrogen (secondary N) is 2. The molecule has 3 aromatic rings. The molecule has 0 atom stereocenters. The summed E-state index contributed by atoms with van der Waals surface area (Å²) in [6.45, 7) is 2.38. The zero-order valence-electron chi connectivity index (χ0n) is 12.3. The summed E-state index contributed by atoms with van der Waals surface area (Å²) in [7, 11) is -3.56. The molecule has 0 bridgehead atoms. The van der Waals surface area contributed by atoms with Crippen molar-refractivity contribution < 1.29 is 12.8 Å². The van der Waals surface area contributed by atoms with E-state index in [2.05, 4.69) is 15.0 Å². The Hall–Kier alpha value is -2.32. The molecule has 23 heavy (non-hydrogen) atoms. The Morgan fingerprint density at radius 1 is 1.22 bits per heavy atom. The van der Waals surface area contributed by atoms with Crippen LogP contribution in [-0.2, 0) is 16.6 Å². The third kappa shape index (κ3) is 3.91. The van der Waals surface area contributed by atoms with E-state index < -0.39 is 10.0 Å². The molecule has 0 spiro atoms. The van der Waals surface area contributed by atoms with Crippen LogP contribution in [0.15, 0.2) is 57.5 Å². The van der Waals surface area contributed by atoms with Gasteiger partial charge in [0.2, 0.25) is 0 Å². The molecule has 6 nitrogen and oxygen atoms in total. The van der Waals surface area contributed by atoms with Crippen molar-refractivity contribution in [2.45, 2.75) is 17.7 Å².